The monoisotopic (exact) mass is 807 g/mol. The largest absolute Gasteiger partial charge is 0.462 e. The third kappa shape index (κ3) is 43.7. The van der Waals surface area contributed by atoms with Gasteiger partial charge in [-0.3, -0.25) is 14.4 Å². The molecule has 0 aromatic carbocycles. The molecule has 330 valence electrons. The second-order valence-corrected chi connectivity index (χ2v) is 15.3. The van der Waals surface area contributed by atoms with E-state index in [4.69, 9.17) is 14.2 Å². The lowest BCUT2D eigenvalue weighted by molar-refractivity contribution is -0.167. The molecular weight excluding hydrogens is 721 g/mol. The van der Waals surface area contributed by atoms with Gasteiger partial charge in [-0.15, -0.1) is 0 Å². The maximum absolute atomic E-state index is 12.7. The predicted molar refractivity (Wildman–Crippen MR) is 247 cm³/mol. The van der Waals surface area contributed by atoms with Crippen molar-refractivity contribution in [1.29, 1.82) is 0 Å². The number of rotatable bonds is 41. The van der Waals surface area contributed by atoms with E-state index in [1.807, 2.05) is 0 Å². The molecule has 0 amide bonds. The Kier molecular flexibility index (Phi) is 43.6. The average Bonchev–Trinajstić information content (AvgIpc) is 3.22. The van der Waals surface area contributed by atoms with E-state index in [1.165, 1.54) is 44.9 Å². The summed E-state index contributed by atoms with van der Waals surface area (Å²) in [5.41, 5.74) is 0. The average molecular weight is 807 g/mol. The normalized spacial score (nSPS) is 12.8. The van der Waals surface area contributed by atoms with Crippen molar-refractivity contribution in [1.82, 2.24) is 0 Å². The molecule has 1 unspecified atom stereocenters. The molecule has 0 heterocycles. The zero-order chi connectivity index (χ0) is 42.3. The van der Waals surface area contributed by atoms with Gasteiger partial charge < -0.3 is 14.2 Å². The van der Waals surface area contributed by atoms with Crippen molar-refractivity contribution in [2.75, 3.05) is 13.2 Å². The minimum atomic E-state index is -0.798. The van der Waals surface area contributed by atoms with Gasteiger partial charge >= 0.3 is 17.9 Å². The standard InChI is InChI=1S/C52H86O6/c1-4-7-10-13-16-19-22-24-26-27-29-30-33-36-39-42-45-51(54)57-48-49(47-56-50(53)44-41-38-35-32-21-18-15-12-9-6-3)58-52(55)46-43-40-37-34-31-28-25-23-20-17-14-11-8-5-2/h7-8,10-11,16-17,19-20,24-26,28-30,49H,4-6,9,12-15,18,21-23,27,31-48H2,1-3H3/b10-7-,11-8-,19-16-,20-17-,26-24-,28-25-,30-29-. The van der Waals surface area contributed by atoms with Gasteiger partial charge in [0, 0.05) is 19.3 Å². The lowest BCUT2D eigenvalue weighted by atomic mass is 10.1. The summed E-state index contributed by atoms with van der Waals surface area (Å²) < 4.78 is 16.7. The Morgan fingerprint density at radius 2 is 0.672 bits per heavy atom. The van der Waals surface area contributed by atoms with Gasteiger partial charge in [-0.05, 0) is 89.9 Å². The summed E-state index contributed by atoms with van der Waals surface area (Å²) >= 11 is 0. The Balaban J connectivity index is 4.47. The Hall–Kier alpha value is -3.41. The highest BCUT2D eigenvalue weighted by Crippen LogP contribution is 2.13. The number of hydrogen-bond acceptors (Lipinski definition) is 6. The van der Waals surface area contributed by atoms with Gasteiger partial charge in [-0.1, -0.05) is 183 Å². The van der Waals surface area contributed by atoms with Gasteiger partial charge in [0.15, 0.2) is 6.10 Å². The number of hydrogen-bond donors (Lipinski definition) is 0. The molecule has 58 heavy (non-hydrogen) atoms. The molecule has 6 heteroatoms. The Bertz CT molecular complexity index is 1160. The summed E-state index contributed by atoms with van der Waals surface area (Å²) in [5, 5.41) is 0. The Labute approximate surface area is 356 Å². The lowest BCUT2D eigenvalue weighted by Gasteiger charge is -2.18. The Morgan fingerprint density at radius 1 is 0.362 bits per heavy atom. The molecule has 0 bridgehead atoms. The maximum Gasteiger partial charge on any atom is 0.306 e. The fourth-order valence-electron chi connectivity index (χ4n) is 6.15. The van der Waals surface area contributed by atoms with Crippen molar-refractivity contribution < 1.29 is 28.6 Å². The van der Waals surface area contributed by atoms with E-state index in [-0.39, 0.29) is 31.1 Å². The molecule has 0 aliphatic carbocycles. The van der Waals surface area contributed by atoms with Crippen LogP contribution in [0.5, 0.6) is 0 Å². The molecule has 0 aliphatic heterocycles. The molecule has 0 spiro atoms. The van der Waals surface area contributed by atoms with Crippen molar-refractivity contribution in [2.24, 2.45) is 0 Å². The van der Waals surface area contributed by atoms with Crippen molar-refractivity contribution >= 4 is 17.9 Å². The lowest BCUT2D eigenvalue weighted by Crippen LogP contribution is -2.30. The van der Waals surface area contributed by atoms with Gasteiger partial charge in [0.05, 0.1) is 0 Å². The van der Waals surface area contributed by atoms with E-state index in [9.17, 15) is 14.4 Å². The minimum absolute atomic E-state index is 0.0958. The van der Waals surface area contributed by atoms with E-state index in [0.717, 1.165) is 122 Å². The highest BCUT2D eigenvalue weighted by molar-refractivity contribution is 5.71. The molecular formula is C52H86O6. The molecule has 0 aromatic rings. The second-order valence-electron chi connectivity index (χ2n) is 15.3. The van der Waals surface area contributed by atoms with E-state index < -0.39 is 6.10 Å². The van der Waals surface area contributed by atoms with Crippen LogP contribution in [0.3, 0.4) is 0 Å². The summed E-state index contributed by atoms with van der Waals surface area (Å²) in [7, 11) is 0. The molecule has 0 rings (SSSR count). The number of carbonyl (C=O) groups excluding carboxylic acids is 3. The molecule has 0 radical (unpaired) electrons. The van der Waals surface area contributed by atoms with Gasteiger partial charge in [0.25, 0.3) is 0 Å². The zero-order valence-corrected chi connectivity index (χ0v) is 37.5. The van der Waals surface area contributed by atoms with Crippen LogP contribution in [0.25, 0.3) is 0 Å². The first-order valence-electron chi connectivity index (χ1n) is 23.6. The smallest absolute Gasteiger partial charge is 0.306 e. The van der Waals surface area contributed by atoms with Crippen molar-refractivity contribution in [3.8, 4) is 0 Å². The van der Waals surface area contributed by atoms with E-state index in [1.54, 1.807) is 0 Å². The molecule has 0 N–H and O–H groups in total. The van der Waals surface area contributed by atoms with Crippen molar-refractivity contribution in [2.45, 2.75) is 213 Å². The number of unbranched alkanes of at least 4 members (excludes halogenated alkanes) is 16. The summed E-state index contributed by atoms with van der Waals surface area (Å²) in [6.45, 7) is 6.33. The van der Waals surface area contributed by atoms with Gasteiger partial charge in [0.1, 0.15) is 13.2 Å². The quantitative estimate of drug-likeness (QED) is 0.0265. The van der Waals surface area contributed by atoms with Crippen LogP contribution in [0.4, 0.5) is 0 Å². The first kappa shape index (κ1) is 54.6. The van der Waals surface area contributed by atoms with Gasteiger partial charge in [0.2, 0.25) is 0 Å². The number of ether oxygens (including phenoxy) is 3. The van der Waals surface area contributed by atoms with E-state index in [2.05, 4.69) is 106 Å². The van der Waals surface area contributed by atoms with Crippen LogP contribution in [0.15, 0.2) is 85.1 Å². The number of carbonyl (C=O) groups is 3. The van der Waals surface area contributed by atoms with Crippen LogP contribution >= 0.6 is 0 Å². The first-order valence-corrected chi connectivity index (χ1v) is 23.6. The van der Waals surface area contributed by atoms with Crippen LogP contribution in [0.2, 0.25) is 0 Å². The SMILES string of the molecule is CC/C=C\C/C=C\C/C=C\C/C=C\CCCCCC(=O)OCC(COC(=O)CCCCCCCCCCCC)OC(=O)CCCCCC/C=C\C/C=C\C/C=C\CC. The third-order valence-electron chi connectivity index (χ3n) is 9.65. The fourth-order valence-corrected chi connectivity index (χ4v) is 6.15. The molecule has 0 aliphatic rings. The molecule has 0 fully saturated rings. The maximum atomic E-state index is 12.7. The molecule has 0 saturated heterocycles. The topological polar surface area (TPSA) is 78.9 Å². The van der Waals surface area contributed by atoms with Crippen LogP contribution in [-0.4, -0.2) is 37.2 Å². The molecule has 1 atom stereocenters. The van der Waals surface area contributed by atoms with Crippen LogP contribution in [0, 0.1) is 0 Å². The molecule has 6 nitrogen and oxygen atoms in total. The summed E-state index contributed by atoms with van der Waals surface area (Å²) in [5.74, 6) is -0.958. The van der Waals surface area contributed by atoms with Gasteiger partial charge in [-0.2, -0.15) is 0 Å². The third-order valence-corrected chi connectivity index (χ3v) is 9.65. The summed E-state index contributed by atoms with van der Waals surface area (Å²) in [4.78, 5) is 37.8. The highest BCUT2D eigenvalue weighted by Gasteiger charge is 2.19. The van der Waals surface area contributed by atoms with Crippen molar-refractivity contribution in [3.63, 3.8) is 0 Å². The molecule has 0 saturated carbocycles. The van der Waals surface area contributed by atoms with Crippen LogP contribution < -0.4 is 0 Å². The highest BCUT2D eigenvalue weighted by atomic mass is 16.6. The minimum Gasteiger partial charge on any atom is -0.462 e. The Morgan fingerprint density at radius 3 is 1.07 bits per heavy atom. The van der Waals surface area contributed by atoms with Crippen molar-refractivity contribution in [3.05, 3.63) is 85.1 Å². The van der Waals surface area contributed by atoms with E-state index in [0.29, 0.717) is 19.3 Å². The first-order chi connectivity index (χ1) is 28.5. The van der Waals surface area contributed by atoms with Crippen LogP contribution in [0.1, 0.15) is 207 Å². The summed E-state index contributed by atoms with van der Waals surface area (Å²) in [6.07, 6.45) is 58.5. The van der Waals surface area contributed by atoms with Crippen LogP contribution in [-0.2, 0) is 28.6 Å². The zero-order valence-electron chi connectivity index (χ0n) is 37.5. The predicted octanol–water partition coefficient (Wildman–Crippen LogP) is 15.3. The summed E-state index contributed by atoms with van der Waals surface area (Å²) in [6, 6.07) is 0. The number of esters is 3. The molecule has 0 aromatic heterocycles. The van der Waals surface area contributed by atoms with E-state index >= 15 is 0 Å². The fraction of sp³-hybridized carbons (Fsp3) is 0.673. The second kappa shape index (κ2) is 46.3. The number of allylic oxidation sites excluding steroid dienone is 14. The van der Waals surface area contributed by atoms with Gasteiger partial charge in [-0.25, -0.2) is 0 Å².